The van der Waals surface area contributed by atoms with E-state index in [-0.39, 0.29) is 29.5 Å². The molecular weight excluding hydrogens is 256 g/mol. The van der Waals surface area contributed by atoms with E-state index in [1.165, 1.54) is 0 Å². The molecular formula is C15H28N2O3. The molecule has 1 N–H and O–H groups in total. The van der Waals surface area contributed by atoms with Gasteiger partial charge in [-0.3, -0.25) is 14.5 Å². The third kappa shape index (κ3) is 4.78. The van der Waals surface area contributed by atoms with Gasteiger partial charge >= 0.3 is 5.97 Å². The summed E-state index contributed by atoms with van der Waals surface area (Å²) in [6.07, 6.45) is 2.79. The lowest BCUT2D eigenvalue weighted by molar-refractivity contribution is -0.153. The Bertz CT molecular complexity index is 350. The summed E-state index contributed by atoms with van der Waals surface area (Å²) >= 11 is 0. The fourth-order valence-corrected chi connectivity index (χ4v) is 2.53. The van der Waals surface area contributed by atoms with E-state index in [0.29, 0.717) is 6.61 Å². The monoisotopic (exact) mass is 284 g/mol. The Morgan fingerprint density at radius 3 is 2.55 bits per heavy atom. The Kier molecular flexibility index (Phi) is 5.99. The summed E-state index contributed by atoms with van der Waals surface area (Å²) in [4.78, 5) is 26.3. The summed E-state index contributed by atoms with van der Waals surface area (Å²) < 4.78 is 5.13. The number of esters is 1. The second-order valence-corrected chi connectivity index (χ2v) is 6.42. The van der Waals surface area contributed by atoms with Gasteiger partial charge in [0.15, 0.2) is 0 Å². The van der Waals surface area contributed by atoms with Gasteiger partial charge in [0, 0.05) is 5.54 Å². The van der Waals surface area contributed by atoms with E-state index < -0.39 is 0 Å². The molecule has 1 heterocycles. The lowest BCUT2D eigenvalue weighted by Gasteiger charge is -2.38. The first-order valence-corrected chi connectivity index (χ1v) is 7.50. The van der Waals surface area contributed by atoms with Crippen molar-refractivity contribution in [1.82, 2.24) is 10.2 Å². The number of carbonyl (C=O) groups is 2. The van der Waals surface area contributed by atoms with Crippen LogP contribution in [0.4, 0.5) is 0 Å². The van der Waals surface area contributed by atoms with Crippen LogP contribution in [0.2, 0.25) is 0 Å². The maximum absolute atomic E-state index is 12.3. The highest BCUT2D eigenvalue weighted by molar-refractivity contribution is 5.83. The number of rotatable bonds is 4. The summed E-state index contributed by atoms with van der Waals surface area (Å²) in [7, 11) is 0. The quantitative estimate of drug-likeness (QED) is 0.798. The number of piperidine rings is 1. The van der Waals surface area contributed by atoms with Crippen molar-refractivity contribution >= 4 is 11.9 Å². The van der Waals surface area contributed by atoms with Crippen molar-refractivity contribution < 1.29 is 14.3 Å². The number of nitrogens with one attached hydrogen (secondary N) is 1. The van der Waals surface area contributed by atoms with Crippen LogP contribution in [-0.4, -0.2) is 47.6 Å². The average Bonchev–Trinajstić information content (AvgIpc) is 2.36. The molecule has 2 unspecified atom stereocenters. The zero-order valence-electron chi connectivity index (χ0n) is 13.4. The lowest BCUT2D eigenvalue weighted by atomic mass is 9.99. The minimum Gasteiger partial charge on any atom is -0.465 e. The Labute approximate surface area is 122 Å². The highest BCUT2D eigenvalue weighted by Crippen LogP contribution is 2.21. The van der Waals surface area contributed by atoms with E-state index in [1.807, 2.05) is 32.6 Å². The van der Waals surface area contributed by atoms with Crippen LogP contribution < -0.4 is 5.32 Å². The predicted octanol–water partition coefficient (Wildman–Crippen LogP) is 1.71. The lowest BCUT2D eigenvalue weighted by Crippen LogP contribution is -2.57. The van der Waals surface area contributed by atoms with Crippen LogP contribution in [-0.2, 0) is 14.3 Å². The molecule has 1 saturated heterocycles. The standard InChI is InChI=1S/C15H28N2O3/c1-6-20-14(19)12-9-7-8-10-17(12)11(2)13(18)16-15(3,4)5/h11-12H,6-10H2,1-5H3,(H,16,18). The van der Waals surface area contributed by atoms with E-state index in [1.54, 1.807) is 6.92 Å². The number of amides is 1. The Morgan fingerprint density at radius 2 is 2.00 bits per heavy atom. The van der Waals surface area contributed by atoms with Crippen molar-refractivity contribution in [2.45, 2.75) is 71.5 Å². The molecule has 0 spiro atoms. The maximum atomic E-state index is 12.3. The number of carbonyl (C=O) groups excluding carboxylic acids is 2. The summed E-state index contributed by atoms with van der Waals surface area (Å²) in [5.41, 5.74) is -0.263. The topological polar surface area (TPSA) is 58.6 Å². The van der Waals surface area contributed by atoms with Gasteiger partial charge in [-0.2, -0.15) is 0 Å². The van der Waals surface area contributed by atoms with Crippen molar-refractivity contribution in [2.24, 2.45) is 0 Å². The van der Waals surface area contributed by atoms with Gasteiger partial charge in [-0.15, -0.1) is 0 Å². The van der Waals surface area contributed by atoms with Crippen molar-refractivity contribution in [2.75, 3.05) is 13.2 Å². The first kappa shape index (κ1) is 17.0. The third-order valence-electron chi connectivity index (χ3n) is 3.48. The molecule has 0 radical (unpaired) electrons. The molecule has 116 valence electrons. The van der Waals surface area contributed by atoms with Crippen molar-refractivity contribution in [3.05, 3.63) is 0 Å². The molecule has 0 saturated carbocycles. The normalized spacial score (nSPS) is 22.1. The molecule has 1 aliphatic rings. The zero-order chi connectivity index (χ0) is 15.3. The molecule has 1 aliphatic heterocycles. The number of likely N-dealkylation sites (tertiary alicyclic amines) is 1. The van der Waals surface area contributed by atoms with Crippen LogP contribution in [0.1, 0.15) is 53.9 Å². The van der Waals surface area contributed by atoms with Gasteiger partial charge in [0.25, 0.3) is 0 Å². The fourth-order valence-electron chi connectivity index (χ4n) is 2.53. The number of nitrogens with zero attached hydrogens (tertiary/aromatic N) is 1. The van der Waals surface area contributed by atoms with Crippen LogP contribution in [0.5, 0.6) is 0 Å². The van der Waals surface area contributed by atoms with Crippen molar-refractivity contribution in [3.63, 3.8) is 0 Å². The van der Waals surface area contributed by atoms with E-state index in [2.05, 4.69) is 5.32 Å². The third-order valence-corrected chi connectivity index (χ3v) is 3.48. The molecule has 5 heteroatoms. The van der Waals surface area contributed by atoms with Gasteiger partial charge in [-0.1, -0.05) is 6.42 Å². The van der Waals surface area contributed by atoms with Crippen molar-refractivity contribution in [1.29, 1.82) is 0 Å². The van der Waals surface area contributed by atoms with Gasteiger partial charge in [-0.25, -0.2) is 0 Å². The highest BCUT2D eigenvalue weighted by atomic mass is 16.5. The summed E-state index contributed by atoms with van der Waals surface area (Å²) in [5.74, 6) is -0.240. The second kappa shape index (κ2) is 7.07. The predicted molar refractivity (Wildman–Crippen MR) is 78.3 cm³/mol. The molecule has 0 aliphatic carbocycles. The van der Waals surface area contributed by atoms with E-state index >= 15 is 0 Å². The highest BCUT2D eigenvalue weighted by Gasteiger charge is 2.36. The molecule has 1 fully saturated rings. The summed E-state index contributed by atoms with van der Waals surface area (Å²) in [5, 5.41) is 2.97. The van der Waals surface area contributed by atoms with Crippen LogP contribution >= 0.6 is 0 Å². The maximum Gasteiger partial charge on any atom is 0.323 e. The molecule has 5 nitrogen and oxygen atoms in total. The number of hydrogen-bond donors (Lipinski definition) is 1. The largest absolute Gasteiger partial charge is 0.465 e. The Morgan fingerprint density at radius 1 is 1.35 bits per heavy atom. The van der Waals surface area contributed by atoms with Gasteiger partial charge in [-0.05, 0) is 54.0 Å². The van der Waals surface area contributed by atoms with Gasteiger partial charge in [0.1, 0.15) is 6.04 Å². The first-order chi connectivity index (χ1) is 9.26. The molecule has 0 aromatic heterocycles. The zero-order valence-corrected chi connectivity index (χ0v) is 13.4. The summed E-state index contributed by atoms with van der Waals surface area (Å²) in [6.45, 7) is 10.7. The first-order valence-electron chi connectivity index (χ1n) is 7.50. The van der Waals surface area contributed by atoms with Crippen LogP contribution in [0.25, 0.3) is 0 Å². The van der Waals surface area contributed by atoms with Crippen LogP contribution in [0.15, 0.2) is 0 Å². The Balaban J connectivity index is 2.74. The van der Waals surface area contributed by atoms with Crippen LogP contribution in [0.3, 0.4) is 0 Å². The number of hydrogen-bond acceptors (Lipinski definition) is 4. The molecule has 1 amide bonds. The van der Waals surface area contributed by atoms with E-state index in [9.17, 15) is 9.59 Å². The van der Waals surface area contributed by atoms with E-state index in [0.717, 1.165) is 25.8 Å². The fraction of sp³-hybridized carbons (Fsp3) is 0.867. The van der Waals surface area contributed by atoms with Gasteiger partial charge in [0.2, 0.25) is 5.91 Å². The average molecular weight is 284 g/mol. The van der Waals surface area contributed by atoms with Gasteiger partial charge < -0.3 is 10.1 Å². The molecule has 1 rings (SSSR count). The molecule has 0 aromatic carbocycles. The minimum absolute atomic E-state index is 0.0336. The molecule has 0 bridgehead atoms. The molecule has 2 atom stereocenters. The van der Waals surface area contributed by atoms with Crippen LogP contribution in [0, 0.1) is 0 Å². The Hall–Kier alpha value is -1.10. The summed E-state index contributed by atoms with van der Waals surface area (Å²) in [6, 6.07) is -0.603. The SMILES string of the molecule is CCOC(=O)C1CCCCN1C(C)C(=O)NC(C)(C)C. The number of ether oxygens (including phenoxy) is 1. The minimum atomic E-state index is -0.316. The van der Waals surface area contributed by atoms with E-state index in [4.69, 9.17) is 4.74 Å². The molecule has 20 heavy (non-hydrogen) atoms. The smallest absolute Gasteiger partial charge is 0.323 e. The molecule has 0 aromatic rings. The van der Waals surface area contributed by atoms with Gasteiger partial charge in [0.05, 0.1) is 12.6 Å². The second-order valence-electron chi connectivity index (χ2n) is 6.42. The van der Waals surface area contributed by atoms with Crippen molar-refractivity contribution in [3.8, 4) is 0 Å².